The Labute approximate surface area is 229 Å². The summed E-state index contributed by atoms with van der Waals surface area (Å²) in [6, 6.07) is 23.4. The van der Waals surface area contributed by atoms with E-state index in [1.54, 1.807) is 0 Å². The van der Waals surface area contributed by atoms with Gasteiger partial charge in [-0.2, -0.15) is 0 Å². The predicted octanol–water partition coefficient (Wildman–Crippen LogP) is 7.01. The van der Waals surface area contributed by atoms with E-state index >= 15 is 0 Å². The first-order valence-electron chi connectivity index (χ1n) is 12.5. The molecule has 0 aliphatic heterocycles. The van der Waals surface area contributed by atoms with E-state index in [4.69, 9.17) is 10.7 Å². The third-order valence-corrected chi connectivity index (χ3v) is 7.27. The molecule has 0 unspecified atom stereocenters. The molecule has 1 aliphatic carbocycles. The zero-order valence-corrected chi connectivity index (χ0v) is 22.5. The summed E-state index contributed by atoms with van der Waals surface area (Å²) < 4.78 is 1.99. The normalized spacial score (nSPS) is 14.6. The van der Waals surface area contributed by atoms with Crippen LogP contribution in [-0.4, -0.2) is 26.1 Å². The minimum Gasteiger partial charge on any atom is -0.354 e. The van der Waals surface area contributed by atoms with Crippen molar-refractivity contribution in [1.82, 2.24) is 19.6 Å². The molecule has 0 atom stereocenters. The first-order valence-corrected chi connectivity index (χ1v) is 12.5. The van der Waals surface area contributed by atoms with Crippen LogP contribution >= 0.6 is 24.8 Å². The Morgan fingerprint density at radius 2 is 1.62 bits per heavy atom. The predicted molar refractivity (Wildman–Crippen MR) is 157 cm³/mol. The molecule has 0 saturated heterocycles. The highest BCUT2D eigenvalue weighted by Crippen LogP contribution is 2.38. The van der Waals surface area contributed by atoms with Gasteiger partial charge < -0.3 is 11.1 Å². The summed E-state index contributed by atoms with van der Waals surface area (Å²) in [5, 5.41) is 13.1. The summed E-state index contributed by atoms with van der Waals surface area (Å²) in [6.45, 7) is 2.83. The molecular formula is C29H32Cl2N6. The average Bonchev–Trinajstić information content (AvgIpc) is 3.32. The van der Waals surface area contributed by atoms with Crippen molar-refractivity contribution in [2.45, 2.75) is 44.6 Å². The first kappa shape index (κ1) is 26.9. The van der Waals surface area contributed by atoms with Crippen LogP contribution in [0.3, 0.4) is 0 Å². The second-order valence-electron chi connectivity index (χ2n) is 9.54. The fourth-order valence-electron chi connectivity index (χ4n) is 5.36. The molecular weight excluding hydrogens is 503 g/mol. The van der Waals surface area contributed by atoms with Gasteiger partial charge in [-0.15, -0.1) is 35.0 Å². The molecule has 37 heavy (non-hydrogen) atoms. The van der Waals surface area contributed by atoms with Gasteiger partial charge in [0.25, 0.3) is 0 Å². The zero-order chi connectivity index (χ0) is 23.8. The van der Waals surface area contributed by atoms with Crippen molar-refractivity contribution in [3.8, 4) is 22.4 Å². The highest BCUT2D eigenvalue weighted by molar-refractivity contribution is 5.98. The number of fused-ring (bicyclic) bond motifs is 3. The Kier molecular flexibility index (Phi) is 8.02. The Morgan fingerprint density at radius 3 is 2.32 bits per heavy atom. The Balaban J connectivity index is 0.00000160. The third kappa shape index (κ3) is 4.89. The second-order valence-corrected chi connectivity index (χ2v) is 9.54. The van der Waals surface area contributed by atoms with E-state index in [-0.39, 0.29) is 30.4 Å². The Bertz CT molecular complexity index is 1490. The summed E-state index contributed by atoms with van der Waals surface area (Å²) in [6.07, 6.45) is 7.79. The van der Waals surface area contributed by atoms with Gasteiger partial charge in [-0.05, 0) is 43.0 Å². The van der Waals surface area contributed by atoms with Gasteiger partial charge in [-0.3, -0.25) is 4.40 Å². The topological polar surface area (TPSA) is 81.1 Å². The third-order valence-electron chi connectivity index (χ3n) is 7.27. The summed E-state index contributed by atoms with van der Waals surface area (Å²) in [7, 11) is 0. The van der Waals surface area contributed by atoms with E-state index in [0.29, 0.717) is 0 Å². The number of rotatable bonds is 5. The van der Waals surface area contributed by atoms with Crippen LogP contribution < -0.4 is 11.1 Å². The molecule has 192 valence electrons. The Hall–Kier alpha value is -3.19. The molecule has 6 rings (SSSR count). The molecule has 8 heteroatoms. The molecule has 3 aromatic heterocycles. The second kappa shape index (κ2) is 11.1. The summed E-state index contributed by atoms with van der Waals surface area (Å²) in [5.74, 6) is 0.740. The van der Waals surface area contributed by atoms with Crippen molar-refractivity contribution < 1.29 is 0 Å². The lowest BCUT2D eigenvalue weighted by molar-refractivity contribution is 0.302. The molecule has 0 bridgehead atoms. The van der Waals surface area contributed by atoms with Crippen molar-refractivity contribution in [2.24, 2.45) is 5.73 Å². The lowest BCUT2D eigenvalue weighted by Gasteiger charge is -2.34. The molecule has 2 aromatic carbocycles. The van der Waals surface area contributed by atoms with E-state index in [1.807, 2.05) is 22.7 Å². The highest BCUT2D eigenvalue weighted by Gasteiger charge is 2.29. The summed E-state index contributed by atoms with van der Waals surface area (Å²) in [5.41, 5.74) is 13.8. The Morgan fingerprint density at radius 1 is 0.892 bits per heavy atom. The lowest BCUT2D eigenvalue weighted by Crippen LogP contribution is -2.38. The van der Waals surface area contributed by atoms with E-state index in [2.05, 4.69) is 77.0 Å². The van der Waals surface area contributed by atoms with Crippen LogP contribution in [-0.2, 0) is 5.54 Å². The SMILES string of the molecule is CCNc1nnc2c3cc(-c4ccccc4)c(-c4ccc(C5(N)CCCCC5)cc4)nc3ccn12.Cl.Cl. The fourth-order valence-corrected chi connectivity index (χ4v) is 5.36. The number of nitrogens with one attached hydrogen (secondary N) is 1. The fraction of sp³-hybridized carbons (Fsp3) is 0.276. The molecule has 1 aliphatic rings. The summed E-state index contributed by atoms with van der Waals surface area (Å²) >= 11 is 0. The van der Waals surface area contributed by atoms with E-state index in [1.165, 1.54) is 24.8 Å². The number of aromatic nitrogens is 4. The molecule has 3 heterocycles. The summed E-state index contributed by atoms with van der Waals surface area (Å²) in [4.78, 5) is 5.15. The van der Waals surface area contributed by atoms with Gasteiger partial charge in [0.1, 0.15) is 0 Å². The van der Waals surface area contributed by atoms with Crippen molar-refractivity contribution in [2.75, 3.05) is 11.9 Å². The van der Waals surface area contributed by atoms with Crippen molar-refractivity contribution in [3.05, 3.63) is 78.5 Å². The van der Waals surface area contributed by atoms with Gasteiger partial charge in [0.2, 0.25) is 5.95 Å². The van der Waals surface area contributed by atoms with Gasteiger partial charge in [-0.1, -0.05) is 73.9 Å². The van der Waals surface area contributed by atoms with Gasteiger partial charge in [0.05, 0.1) is 11.2 Å². The lowest BCUT2D eigenvalue weighted by atomic mass is 9.77. The van der Waals surface area contributed by atoms with Crippen LogP contribution in [0.5, 0.6) is 0 Å². The maximum absolute atomic E-state index is 6.80. The monoisotopic (exact) mass is 534 g/mol. The van der Waals surface area contributed by atoms with Gasteiger partial charge in [-0.25, -0.2) is 4.98 Å². The zero-order valence-electron chi connectivity index (χ0n) is 20.9. The van der Waals surface area contributed by atoms with Gasteiger partial charge in [0, 0.05) is 34.8 Å². The number of nitrogens with two attached hydrogens (primary N) is 1. The number of hydrogen-bond acceptors (Lipinski definition) is 5. The molecule has 6 nitrogen and oxygen atoms in total. The minimum atomic E-state index is -0.209. The molecule has 0 radical (unpaired) electrons. The van der Waals surface area contributed by atoms with Gasteiger partial charge in [0.15, 0.2) is 5.65 Å². The van der Waals surface area contributed by atoms with Crippen LogP contribution in [0.4, 0.5) is 5.95 Å². The highest BCUT2D eigenvalue weighted by atomic mass is 35.5. The van der Waals surface area contributed by atoms with Crippen LogP contribution in [0.1, 0.15) is 44.6 Å². The standard InChI is InChI=1S/C29H30N6.2ClH/c1-2-31-28-34-33-27-24-19-23(20-9-5-3-6-10-20)26(32-25(24)15-18-35(27)28)21-11-13-22(14-12-21)29(30)16-7-4-8-17-29;;/h3,5-6,9-15,18-19H,2,4,7-8,16-17,30H2,1H3,(H,31,34);2*1H. The minimum absolute atomic E-state index is 0. The van der Waals surface area contributed by atoms with E-state index < -0.39 is 0 Å². The molecule has 5 aromatic rings. The van der Waals surface area contributed by atoms with Crippen LogP contribution in [0, 0.1) is 0 Å². The van der Waals surface area contributed by atoms with Crippen LogP contribution in [0.2, 0.25) is 0 Å². The van der Waals surface area contributed by atoms with Gasteiger partial charge >= 0.3 is 0 Å². The van der Waals surface area contributed by atoms with E-state index in [0.717, 1.165) is 64.3 Å². The number of pyridine rings is 2. The van der Waals surface area contributed by atoms with Crippen LogP contribution in [0.15, 0.2) is 72.9 Å². The van der Waals surface area contributed by atoms with Crippen molar-refractivity contribution >= 4 is 47.3 Å². The number of nitrogens with zero attached hydrogens (tertiary/aromatic N) is 4. The molecule has 0 spiro atoms. The number of benzene rings is 2. The number of hydrogen-bond donors (Lipinski definition) is 2. The largest absolute Gasteiger partial charge is 0.354 e. The molecule has 1 saturated carbocycles. The molecule has 0 amide bonds. The average molecular weight is 536 g/mol. The van der Waals surface area contributed by atoms with Crippen molar-refractivity contribution in [3.63, 3.8) is 0 Å². The van der Waals surface area contributed by atoms with Crippen LogP contribution in [0.25, 0.3) is 38.9 Å². The maximum atomic E-state index is 6.80. The van der Waals surface area contributed by atoms with Crippen molar-refractivity contribution in [1.29, 1.82) is 0 Å². The quantitative estimate of drug-likeness (QED) is 0.253. The molecule has 3 N–H and O–H groups in total. The number of halogens is 2. The smallest absolute Gasteiger partial charge is 0.229 e. The maximum Gasteiger partial charge on any atom is 0.229 e. The van der Waals surface area contributed by atoms with E-state index in [9.17, 15) is 0 Å². The first-order chi connectivity index (χ1) is 17.2. The number of anilines is 1. The molecule has 1 fully saturated rings.